The third-order valence-electron chi connectivity index (χ3n) is 3.07. The molecule has 0 fully saturated rings. The van der Waals surface area contributed by atoms with Crippen LogP contribution in [0.15, 0.2) is 28.7 Å². The SMILES string of the molecule is CCC(C)CNC(=O)c1cc2cc(N)ccc2o1. The lowest BCUT2D eigenvalue weighted by molar-refractivity contribution is 0.0922. The molecular weight excluding hydrogens is 228 g/mol. The molecule has 0 aliphatic carbocycles. The van der Waals surface area contributed by atoms with Crippen molar-refractivity contribution in [1.82, 2.24) is 5.32 Å². The third-order valence-corrected chi connectivity index (χ3v) is 3.07. The number of nitrogens with two attached hydrogens (primary N) is 1. The van der Waals surface area contributed by atoms with E-state index in [0.717, 1.165) is 11.8 Å². The molecule has 2 aromatic rings. The van der Waals surface area contributed by atoms with Gasteiger partial charge in [0, 0.05) is 17.6 Å². The highest BCUT2D eigenvalue weighted by Crippen LogP contribution is 2.21. The summed E-state index contributed by atoms with van der Waals surface area (Å²) in [6.07, 6.45) is 1.04. The van der Waals surface area contributed by atoms with Gasteiger partial charge in [-0.3, -0.25) is 4.79 Å². The molecule has 1 amide bonds. The van der Waals surface area contributed by atoms with E-state index < -0.39 is 0 Å². The van der Waals surface area contributed by atoms with Crippen molar-refractivity contribution in [2.75, 3.05) is 12.3 Å². The van der Waals surface area contributed by atoms with Gasteiger partial charge in [0.15, 0.2) is 5.76 Å². The average Bonchev–Trinajstić information content (AvgIpc) is 2.78. The predicted molar refractivity (Wildman–Crippen MR) is 72.4 cm³/mol. The van der Waals surface area contributed by atoms with Gasteiger partial charge in [-0.1, -0.05) is 20.3 Å². The number of amides is 1. The van der Waals surface area contributed by atoms with Gasteiger partial charge in [0.2, 0.25) is 0 Å². The second kappa shape index (κ2) is 5.12. The number of hydrogen-bond donors (Lipinski definition) is 2. The first-order chi connectivity index (χ1) is 8.60. The highest BCUT2D eigenvalue weighted by molar-refractivity contribution is 5.96. The summed E-state index contributed by atoms with van der Waals surface area (Å²) in [5.74, 6) is 0.623. The number of carbonyl (C=O) groups excluding carboxylic acids is 1. The lowest BCUT2D eigenvalue weighted by Crippen LogP contribution is -2.27. The molecule has 3 N–H and O–H groups in total. The molecule has 0 radical (unpaired) electrons. The molecule has 1 aromatic carbocycles. The van der Waals surface area contributed by atoms with Crippen molar-refractivity contribution in [3.05, 3.63) is 30.0 Å². The van der Waals surface area contributed by atoms with Gasteiger partial charge in [-0.15, -0.1) is 0 Å². The van der Waals surface area contributed by atoms with E-state index >= 15 is 0 Å². The van der Waals surface area contributed by atoms with Crippen LogP contribution < -0.4 is 11.1 Å². The summed E-state index contributed by atoms with van der Waals surface area (Å²) in [5, 5.41) is 3.71. The monoisotopic (exact) mass is 246 g/mol. The summed E-state index contributed by atoms with van der Waals surface area (Å²) < 4.78 is 5.48. The zero-order valence-corrected chi connectivity index (χ0v) is 10.7. The number of fused-ring (bicyclic) bond motifs is 1. The summed E-state index contributed by atoms with van der Waals surface area (Å²) in [5.41, 5.74) is 7.02. The Hall–Kier alpha value is -1.97. The van der Waals surface area contributed by atoms with Crippen LogP contribution in [0.1, 0.15) is 30.8 Å². The van der Waals surface area contributed by atoms with Gasteiger partial charge in [-0.2, -0.15) is 0 Å². The van der Waals surface area contributed by atoms with Crippen molar-refractivity contribution in [2.45, 2.75) is 20.3 Å². The molecule has 1 atom stereocenters. The summed E-state index contributed by atoms with van der Waals surface area (Å²) in [7, 11) is 0. The van der Waals surface area contributed by atoms with E-state index in [0.29, 0.717) is 29.5 Å². The molecule has 1 unspecified atom stereocenters. The van der Waals surface area contributed by atoms with Crippen LogP contribution in [0.4, 0.5) is 5.69 Å². The fourth-order valence-electron chi connectivity index (χ4n) is 1.67. The van der Waals surface area contributed by atoms with E-state index in [1.807, 2.05) is 0 Å². The largest absolute Gasteiger partial charge is 0.451 e. The number of anilines is 1. The predicted octanol–water partition coefficient (Wildman–Crippen LogP) is 2.79. The first-order valence-corrected chi connectivity index (χ1v) is 6.17. The number of benzene rings is 1. The summed E-state index contributed by atoms with van der Waals surface area (Å²) in [6.45, 7) is 4.86. The number of nitrogen functional groups attached to an aromatic ring is 1. The van der Waals surface area contributed by atoms with Crippen molar-refractivity contribution >= 4 is 22.6 Å². The normalized spacial score (nSPS) is 12.6. The summed E-state index contributed by atoms with van der Waals surface area (Å²) in [4.78, 5) is 11.9. The number of furan rings is 1. The van der Waals surface area contributed by atoms with Crippen LogP contribution in [0.2, 0.25) is 0 Å². The topological polar surface area (TPSA) is 68.3 Å². The Morgan fingerprint density at radius 2 is 2.22 bits per heavy atom. The zero-order chi connectivity index (χ0) is 13.1. The van der Waals surface area contributed by atoms with Gasteiger partial charge >= 0.3 is 0 Å². The van der Waals surface area contributed by atoms with E-state index in [4.69, 9.17) is 10.2 Å². The van der Waals surface area contributed by atoms with Crippen LogP contribution in [-0.4, -0.2) is 12.5 Å². The molecule has 0 bridgehead atoms. The van der Waals surface area contributed by atoms with Gasteiger partial charge < -0.3 is 15.5 Å². The summed E-state index contributed by atoms with van der Waals surface area (Å²) >= 11 is 0. The van der Waals surface area contributed by atoms with Crippen LogP contribution in [0.25, 0.3) is 11.0 Å². The van der Waals surface area contributed by atoms with Crippen molar-refractivity contribution in [1.29, 1.82) is 0 Å². The van der Waals surface area contributed by atoms with Gasteiger partial charge in [-0.25, -0.2) is 0 Å². The number of hydrogen-bond acceptors (Lipinski definition) is 3. The molecule has 0 saturated heterocycles. The zero-order valence-electron chi connectivity index (χ0n) is 10.7. The molecule has 18 heavy (non-hydrogen) atoms. The Balaban J connectivity index is 2.13. The van der Waals surface area contributed by atoms with Crippen LogP contribution in [0.5, 0.6) is 0 Å². The van der Waals surface area contributed by atoms with Crippen LogP contribution in [-0.2, 0) is 0 Å². The number of rotatable bonds is 4. The van der Waals surface area contributed by atoms with E-state index in [-0.39, 0.29) is 5.91 Å². The number of nitrogens with one attached hydrogen (secondary N) is 1. The molecular formula is C14H18N2O2. The quantitative estimate of drug-likeness (QED) is 0.815. The van der Waals surface area contributed by atoms with Crippen molar-refractivity contribution in [3.63, 3.8) is 0 Å². The second-order valence-electron chi connectivity index (χ2n) is 4.63. The lowest BCUT2D eigenvalue weighted by Gasteiger charge is -2.08. The fraction of sp³-hybridized carbons (Fsp3) is 0.357. The van der Waals surface area contributed by atoms with Crippen LogP contribution in [0.3, 0.4) is 0 Å². The molecule has 2 rings (SSSR count). The molecule has 0 aliphatic heterocycles. The Kier molecular flexibility index (Phi) is 3.55. The lowest BCUT2D eigenvalue weighted by atomic mass is 10.1. The van der Waals surface area contributed by atoms with E-state index in [2.05, 4.69) is 19.2 Å². The third kappa shape index (κ3) is 2.64. The maximum atomic E-state index is 11.9. The van der Waals surface area contributed by atoms with Gasteiger partial charge in [0.25, 0.3) is 5.91 Å². The van der Waals surface area contributed by atoms with Crippen LogP contribution >= 0.6 is 0 Å². The highest BCUT2D eigenvalue weighted by atomic mass is 16.3. The highest BCUT2D eigenvalue weighted by Gasteiger charge is 2.12. The second-order valence-corrected chi connectivity index (χ2v) is 4.63. The average molecular weight is 246 g/mol. The minimum Gasteiger partial charge on any atom is -0.451 e. The smallest absolute Gasteiger partial charge is 0.287 e. The fourth-order valence-corrected chi connectivity index (χ4v) is 1.67. The molecule has 4 heteroatoms. The minimum absolute atomic E-state index is 0.176. The van der Waals surface area contributed by atoms with E-state index in [9.17, 15) is 4.79 Å². The Morgan fingerprint density at radius 1 is 1.44 bits per heavy atom. The number of carbonyl (C=O) groups is 1. The van der Waals surface area contributed by atoms with Crippen molar-refractivity contribution in [2.24, 2.45) is 5.92 Å². The Labute approximate surface area is 106 Å². The Morgan fingerprint density at radius 3 is 2.94 bits per heavy atom. The first-order valence-electron chi connectivity index (χ1n) is 6.17. The maximum absolute atomic E-state index is 11.9. The van der Waals surface area contributed by atoms with Gasteiger partial charge in [-0.05, 0) is 30.2 Å². The standard InChI is InChI=1S/C14H18N2O2/c1-3-9(2)8-16-14(17)13-7-10-6-11(15)4-5-12(10)18-13/h4-7,9H,3,8,15H2,1-2H3,(H,16,17). The molecule has 0 aliphatic rings. The minimum atomic E-state index is -0.176. The molecule has 0 saturated carbocycles. The van der Waals surface area contributed by atoms with E-state index in [1.54, 1.807) is 24.3 Å². The molecule has 0 spiro atoms. The summed E-state index contributed by atoms with van der Waals surface area (Å²) in [6, 6.07) is 7.05. The van der Waals surface area contributed by atoms with Crippen molar-refractivity contribution in [3.8, 4) is 0 Å². The van der Waals surface area contributed by atoms with Crippen LogP contribution in [0, 0.1) is 5.92 Å². The van der Waals surface area contributed by atoms with Gasteiger partial charge in [0.1, 0.15) is 5.58 Å². The van der Waals surface area contributed by atoms with Gasteiger partial charge in [0.05, 0.1) is 0 Å². The first kappa shape index (κ1) is 12.5. The Bertz CT molecular complexity index is 560. The molecule has 1 aromatic heterocycles. The molecule has 96 valence electrons. The molecule has 4 nitrogen and oxygen atoms in total. The molecule has 1 heterocycles. The maximum Gasteiger partial charge on any atom is 0.287 e. The van der Waals surface area contributed by atoms with E-state index in [1.165, 1.54) is 0 Å². The van der Waals surface area contributed by atoms with Crippen molar-refractivity contribution < 1.29 is 9.21 Å².